The van der Waals surface area contributed by atoms with E-state index in [1.54, 1.807) is 0 Å². The molecular weight excluding hydrogens is 192 g/mol. The molecule has 1 rings (SSSR count). The normalized spacial score (nSPS) is 30.8. The molecule has 0 aromatic rings. The highest BCUT2D eigenvalue weighted by molar-refractivity contribution is 5.81. The number of nitrogens with zero attached hydrogens (tertiary/aromatic N) is 1. The van der Waals surface area contributed by atoms with E-state index in [1.807, 2.05) is 20.9 Å². The lowest BCUT2D eigenvalue weighted by Gasteiger charge is -2.29. The third kappa shape index (κ3) is 3.02. The molecule has 0 saturated carbocycles. The van der Waals surface area contributed by atoms with Crippen LogP contribution in [0.3, 0.4) is 0 Å². The van der Waals surface area contributed by atoms with Gasteiger partial charge < -0.3 is 10.2 Å². The van der Waals surface area contributed by atoms with Gasteiger partial charge in [-0.15, -0.1) is 0 Å². The van der Waals surface area contributed by atoms with E-state index in [0.717, 1.165) is 13.0 Å². The van der Waals surface area contributed by atoms with E-state index < -0.39 is 0 Å². The fraction of sp³-hybridized carbons (Fsp3) is 0.818. The van der Waals surface area contributed by atoms with Gasteiger partial charge in [0, 0.05) is 12.3 Å². The molecule has 0 bridgehead atoms. The van der Waals surface area contributed by atoms with Crippen molar-refractivity contribution in [2.24, 2.45) is 17.6 Å². The van der Waals surface area contributed by atoms with E-state index in [2.05, 4.69) is 0 Å². The van der Waals surface area contributed by atoms with Crippen LogP contribution in [0.5, 0.6) is 0 Å². The van der Waals surface area contributed by atoms with E-state index in [9.17, 15) is 9.59 Å². The summed E-state index contributed by atoms with van der Waals surface area (Å²) in [6.45, 7) is 5.95. The summed E-state index contributed by atoms with van der Waals surface area (Å²) in [7, 11) is 2.03. The number of amides is 1. The van der Waals surface area contributed by atoms with Crippen molar-refractivity contribution in [3.05, 3.63) is 0 Å². The topological polar surface area (TPSA) is 60.2 Å². The number of carbonyl (C=O) groups is 2. The molecule has 1 fully saturated rings. The Kier molecular flexibility index (Phi) is 3.50. The van der Waals surface area contributed by atoms with Crippen molar-refractivity contribution in [1.29, 1.82) is 0 Å². The van der Waals surface area contributed by atoms with Crippen LogP contribution in [0.15, 0.2) is 0 Å². The maximum Gasteiger partial charge on any atom is 0.226 e. The van der Waals surface area contributed by atoms with Crippen LogP contribution in [-0.4, -0.2) is 42.9 Å². The van der Waals surface area contributed by atoms with E-state index in [1.165, 1.54) is 0 Å². The molecule has 4 nitrogen and oxygen atoms in total. The zero-order valence-electron chi connectivity index (χ0n) is 9.82. The summed E-state index contributed by atoms with van der Waals surface area (Å²) < 4.78 is 0.671. The molecule has 1 amide bonds. The third-order valence-electron chi connectivity index (χ3n) is 3.26. The van der Waals surface area contributed by atoms with Crippen LogP contribution in [0, 0.1) is 11.8 Å². The molecule has 0 aromatic carbocycles. The number of hydrogen-bond acceptors (Lipinski definition) is 2. The van der Waals surface area contributed by atoms with Gasteiger partial charge in [0.15, 0.2) is 5.78 Å². The Morgan fingerprint density at radius 1 is 1.47 bits per heavy atom. The molecule has 0 spiro atoms. The smallest absolute Gasteiger partial charge is 0.226 e. The second kappa shape index (κ2) is 4.31. The Bertz CT molecular complexity index is 276. The van der Waals surface area contributed by atoms with Crippen molar-refractivity contribution >= 4 is 11.7 Å². The van der Waals surface area contributed by atoms with Crippen LogP contribution in [0.2, 0.25) is 0 Å². The molecule has 1 aliphatic rings. The van der Waals surface area contributed by atoms with Crippen molar-refractivity contribution in [2.75, 3.05) is 26.7 Å². The van der Waals surface area contributed by atoms with Gasteiger partial charge in [-0.1, -0.05) is 13.8 Å². The summed E-state index contributed by atoms with van der Waals surface area (Å²) in [4.78, 5) is 22.7. The number of likely N-dealkylation sites (N-methyl/N-ethyl adjacent to an activating group) is 1. The third-order valence-corrected chi connectivity index (χ3v) is 3.26. The van der Waals surface area contributed by atoms with Gasteiger partial charge in [-0.2, -0.15) is 0 Å². The lowest BCUT2D eigenvalue weighted by Crippen LogP contribution is -2.47. The number of quaternary nitrogens is 1. The molecule has 1 heterocycles. The largest absolute Gasteiger partial charge is 0.369 e. The van der Waals surface area contributed by atoms with E-state index in [0.29, 0.717) is 17.6 Å². The highest BCUT2D eigenvalue weighted by Gasteiger charge is 2.38. The van der Waals surface area contributed by atoms with Crippen molar-refractivity contribution in [3.63, 3.8) is 0 Å². The Labute approximate surface area is 91.0 Å². The zero-order chi connectivity index (χ0) is 11.6. The first-order valence-corrected chi connectivity index (χ1v) is 5.49. The number of rotatable bonds is 4. The minimum absolute atomic E-state index is 0.0463. The van der Waals surface area contributed by atoms with Gasteiger partial charge in [-0.25, -0.2) is 0 Å². The Balaban J connectivity index is 2.56. The monoisotopic (exact) mass is 213 g/mol. The summed E-state index contributed by atoms with van der Waals surface area (Å²) in [5.74, 6) is 0.0685. The predicted molar refractivity (Wildman–Crippen MR) is 57.9 cm³/mol. The van der Waals surface area contributed by atoms with Crippen LogP contribution in [0.4, 0.5) is 0 Å². The maximum atomic E-state index is 11.6. The van der Waals surface area contributed by atoms with Gasteiger partial charge in [0.2, 0.25) is 5.91 Å². The molecule has 0 aliphatic carbocycles. The molecule has 1 aliphatic heterocycles. The summed E-state index contributed by atoms with van der Waals surface area (Å²) >= 11 is 0. The minimum atomic E-state index is -0.228. The van der Waals surface area contributed by atoms with E-state index in [4.69, 9.17) is 5.73 Å². The van der Waals surface area contributed by atoms with Crippen LogP contribution < -0.4 is 5.73 Å². The first kappa shape index (κ1) is 12.2. The number of likely N-dealkylation sites (tertiary alicyclic amines) is 1. The van der Waals surface area contributed by atoms with Gasteiger partial charge in [0.05, 0.1) is 26.1 Å². The number of nitrogens with two attached hydrogens (primary N) is 1. The standard InChI is InChI=1S/C11H20N2O2/c1-8(2)10(14)7-13(3)5-4-9(6-13)11(12)15/h8-9H,4-7H2,1-3H3,(H-,12,15)/p+1. The Hall–Kier alpha value is -0.900. The fourth-order valence-electron chi connectivity index (χ4n) is 2.12. The van der Waals surface area contributed by atoms with Crippen LogP contribution in [0.25, 0.3) is 0 Å². The van der Waals surface area contributed by atoms with Gasteiger partial charge in [0.25, 0.3) is 0 Å². The average Bonchev–Trinajstić information content (AvgIpc) is 2.47. The molecule has 15 heavy (non-hydrogen) atoms. The molecule has 2 atom stereocenters. The number of hydrogen-bond donors (Lipinski definition) is 1. The van der Waals surface area contributed by atoms with E-state index in [-0.39, 0.29) is 23.5 Å². The highest BCUT2D eigenvalue weighted by Crippen LogP contribution is 2.22. The predicted octanol–water partition coefficient (Wildman–Crippen LogP) is 0.163. The van der Waals surface area contributed by atoms with Crippen LogP contribution in [0.1, 0.15) is 20.3 Å². The van der Waals surface area contributed by atoms with Crippen molar-refractivity contribution < 1.29 is 14.1 Å². The summed E-state index contributed by atoms with van der Waals surface area (Å²) in [5, 5.41) is 0. The lowest BCUT2D eigenvalue weighted by atomic mass is 10.1. The van der Waals surface area contributed by atoms with Gasteiger partial charge in [-0.3, -0.25) is 9.59 Å². The summed E-state index contributed by atoms with van der Waals surface area (Å²) in [6.07, 6.45) is 0.817. The minimum Gasteiger partial charge on any atom is -0.369 e. The molecule has 1 saturated heterocycles. The summed E-state index contributed by atoms with van der Waals surface area (Å²) in [5.41, 5.74) is 5.28. The maximum absolute atomic E-state index is 11.6. The number of carbonyl (C=O) groups excluding carboxylic acids is 2. The van der Waals surface area contributed by atoms with Crippen molar-refractivity contribution in [2.45, 2.75) is 20.3 Å². The SMILES string of the molecule is CC(C)C(=O)C[N+]1(C)CCC(C(N)=O)C1. The van der Waals surface area contributed by atoms with Crippen LogP contribution >= 0.6 is 0 Å². The summed E-state index contributed by atoms with van der Waals surface area (Å²) in [6, 6.07) is 0. The number of ketones is 1. The number of Topliss-reactive ketones (excluding diaryl/α,β-unsaturated/α-hetero) is 1. The Morgan fingerprint density at radius 3 is 2.47 bits per heavy atom. The van der Waals surface area contributed by atoms with Crippen molar-refractivity contribution in [3.8, 4) is 0 Å². The molecule has 2 unspecified atom stereocenters. The first-order valence-electron chi connectivity index (χ1n) is 5.49. The van der Waals surface area contributed by atoms with Crippen molar-refractivity contribution in [1.82, 2.24) is 0 Å². The molecule has 0 radical (unpaired) electrons. The van der Waals surface area contributed by atoms with Gasteiger partial charge in [-0.05, 0) is 0 Å². The quantitative estimate of drug-likeness (QED) is 0.676. The second-order valence-corrected chi connectivity index (χ2v) is 5.19. The fourth-order valence-corrected chi connectivity index (χ4v) is 2.12. The number of primary amides is 1. The zero-order valence-corrected chi connectivity index (χ0v) is 9.82. The molecular formula is C11H21N2O2+. The molecule has 2 N–H and O–H groups in total. The van der Waals surface area contributed by atoms with Crippen LogP contribution in [-0.2, 0) is 9.59 Å². The Morgan fingerprint density at radius 2 is 2.07 bits per heavy atom. The second-order valence-electron chi connectivity index (χ2n) is 5.19. The van der Waals surface area contributed by atoms with E-state index >= 15 is 0 Å². The first-order chi connectivity index (χ1) is 6.84. The molecule has 86 valence electrons. The van der Waals surface area contributed by atoms with Gasteiger partial charge in [0.1, 0.15) is 6.54 Å². The average molecular weight is 213 g/mol. The molecule has 0 aromatic heterocycles. The highest BCUT2D eigenvalue weighted by atomic mass is 16.1. The lowest BCUT2D eigenvalue weighted by molar-refractivity contribution is -0.890. The molecule has 4 heteroatoms. The van der Waals surface area contributed by atoms with Gasteiger partial charge >= 0.3 is 0 Å².